The molecule has 24 heavy (non-hydrogen) atoms. The van der Waals surface area contributed by atoms with Crippen molar-refractivity contribution < 1.29 is 13.2 Å². The highest BCUT2D eigenvalue weighted by Crippen LogP contribution is 2.19. The van der Waals surface area contributed by atoms with Crippen LogP contribution in [0.1, 0.15) is 6.92 Å². The lowest BCUT2D eigenvalue weighted by Crippen LogP contribution is -2.49. The number of amides is 1. The summed E-state index contributed by atoms with van der Waals surface area (Å²) in [6.45, 7) is 5.84. The second-order valence-electron chi connectivity index (χ2n) is 6.25. The van der Waals surface area contributed by atoms with E-state index in [1.54, 1.807) is 24.3 Å². The van der Waals surface area contributed by atoms with E-state index < -0.39 is 10.0 Å². The molecule has 1 N–H and O–H groups in total. The number of benzene rings is 1. The minimum Gasteiger partial charge on any atom is -0.326 e. The average molecular weight is 354 g/mol. The molecule has 2 rings (SSSR count). The number of rotatable bonds is 6. The van der Waals surface area contributed by atoms with Gasteiger partial charge in [-0.1, -0.05) is 0 Å². The van der Waals surface area contributed by atoms with Gasteiger partial charge < -0.3 is 10.2 Å². The molecular weight excluding hydrogens is 328 g/mol. The van der Waals surface area contributed by atoms with E-state index in [2.05, 4.69) is 15.1 Å². The van der Waals surface area contributed by atoms with Gasteiger partial charge >= 0.3 is 0 Å². The van der Waals surface area contributed by atoms with E-state index in [1.165, 1.54) is 11.2 Å². The number of sulfonamides is 1. The number of nitrogens with zero attached hydrogens (tertiary/aromatic N) is 3. The van der Waals surface area contributed by atoms with Crippen LogP contribution in [-0.4, -0.2) is 81.8 Å². The SMILES string of the molecule is CC(=O)Nc1ccc(S(=O)(=O)N2CCN(CCN(C)C)CC2)cc1. The Labute approximate surface area is 144 Å². The summed E-state index contributed by atoms with van der Waals surface area (Å²) < 4.78 is 26.9. The van der Waals surface area contributed by atoms with E-state index in [4.69, 9.17) is 0 Å². The smallest absolute Gasteiger partial charge is 0.243 e. The third-order valence-electron chi connectivity index (χ3n) is 4.01. The quantitative estimate of drug-likeness (QED) is 0.806. The summed E-state index contributed by atoms with van der Waals surface area (Å²) in [6.07, 6.45) is 0. The molecule has 8 heteroatoms. The Bertz CT molecular complexity index is 650. The zero-order valence-electron chi connectivity index (χ0n) is 14.5. The lowest BCUT2D eigenvalue weighted by Gasteiger charge is -2.34. The fourth-order valence-electron chi connectivity index (χ4n) is 2.60. The van der Waals surface area contributed by atoms with E-state index in [-0.39, 0.29) is 10.8 Å². The normalized spacial score (nSPS) is 17.2. The number of hydrogen-bond donors (Lipinski definition) is 1. The van der Waals surface area contributed by atoms with Crippen LogP contribution in [-0.2, 0) is 14.8 Å². The second kappa shape index (κ2) is 8.06. The minimum atomic E-state index is -3.48. The van der Waals surface area contributed by atoms with Gasteiger partial charge in [-0.2, -0.15) is 4.31 Å². The van der Waals surface area contributed by atoms with Crippen molar-refractivity contribution in [2.45, 2.75) is 11.8 Å². The zero-order chi connectivity index (χ0) is 17.7. The maximum Gasteiger partial charge on any atom is 0.243 e. The minimum absolute atomic E-state index is 0.181. The number of carbonyl (C=O) groups excluding carboxylic acids is 1. The molecule has 1 amide bonds. The van der Waals surface area contributed by atoms with Crippen LogP contribution in [0.4, 0.5) is 5.69 Å². The van der Waals surface area contributed by atoms with Gasteiger partial charge in [0, 0.05) is 51.9 Å². The molecule has 0 unspecified atom stereocenters. The van der Waals surface area contributed by atoms with Crippen LogP contribution in [0.15, 0.2) is 29.2 Å². The summed E-state index contributed by atoms with van der Waals surface area (Å²) >= 11 is 0. The molecule has 1 aromatic carbocycles. The zero-order valence-corrected chi connectivity index (χ0v) is 15.3. The molecule has 0 bridgehead atoms. The van der Waals surface area contributed by atoms with Gasteiger partial charge in [-0.05, 0) is 38.4 Å². The maximum absolute atomic E-state index is 12.7. The van der Waals surface area contributed by atoms with Crippen molar-refractivity contribution in [3.05, 3.63) is 24.3 Å². The first-order valence-electron chi connectivity index (χ1n) is 8.04. The topological polar surface area (TPSA) is 73.0 Å². The van der Waals surface area contributed by atoms with Crippen molar-refractivity contribution in [1.82, 2.24) is 14.1 Å². The van der Waals surface area contributed by atoms with E-state index in [9.17, 15) is 13.2 Å². The molecule has 7 nitrogen and oxygen atoms in total. The number of hydrogen-bond acceptors (Lipinski definition) is 5. The summed E-state index contributed by atoms with van der Waals surface area (Å²) in [6, 6.07) is 6.31. The maximum atomic E-state index is 12.7. The molecular formula is C16H26N4O3S. The predicted molar refractivity (Wildman–Crippen MR) is 94.5 cm³/mol. The molecule has 1 heterocycles. The summed E-state index contributed by atoms with van der Waals surface area (Å²) in [4.78, 5) is 15.7. The number of likely N-dealkylation sites (N-methyl/N-ethyl adjacent to an activating group) is 1. The van der Waals surface area contributed by atoms with Crippen molar-refractivity contribution in [3.8, 4) is 0 Å². The van der Waals surface area contributed by atoms with E-state index >= 15 is 0 Å². The highest BCUT2D eigenvalue weighted by molar-refractivity contribution is 7.89. The van der Waals surface area contributed by atoms with Gasteiger partial charge in [-0.15, -0.1) is 0 Å². The van der Waals surface area contributed by atoms with Gasteiger partial charge in [0.1, 0.15) is 0 Å². The van der Waals surface area contributed by atoms with Crippen molar-refractivity contribution >= 4 is 21.6 Å². The number of piperazine rings is 1. The molecule has 0 aromatic heterocycles. The predicted octanol–water partition coefficient (Wildman–Crippen LogP) is 0.513. The fourth-order valence-corrected chi connectivity index (χ4v) is 4.02. The van der Waals surface area contributed by atoms with Crippen molar-refractivity contribution in [1.29, 1.82) is 0 Å². The van der Waals surface area contributed by atoms with E-state index in [1.807, 2.05) is 14.1 Å². The van der Waals surface area contributed by atoms with Crippen molar-refractivity contribution in [2.75, 3.05) is 58.7 Å². The number of carbonyl (C=O) groups is 1. The van der Waals surface area contributed by atoms with Crippen LogP contribution in [0, 0.1) is 0 Å². The molecule has 0 radical (unpaired) electrons. The largest absolute Gasteiger partial charge is 0.326 e. The fraction of sp³-hybridized carbons (Fsp3) is 0.562. The molecule has 1 aliphatic rings. The summed E-state index contributed by atoms with van der Waals surface area (Å²) in [5, 5.41) is 2.63. The Balaban J connectivity index is 1.97. The van der Waals surface area contributed by atoms with E-state index in [0.29, 0.717) is 18.8 Å². The lowest BCUT2D eigenvalue weighted by atomic mass is 10.3. The van der Waals surface area contributed by atoms with Gasteiger partial charge in [0.05, 0.1) is 4.90 Å². The Morgan fingerprint density at radius 3 is 2.21 bits per heavy atom. The number of anilines is 1. The van der Waals surface area contributed by atoms with Gasteiger partial charge in [-0.3, -0.25) is 9.69 Å². The molecule has 0 spiro atoms. The lowest BCUT2D eigenvalue weighted by molar-refractivity contribution is -0.114. The Kier molecular flexibility index (Phi) is 6.34. The monoisotopic (exact) mass is 354 g/mol. The van der Waals surface area contributed by atoms with Crippen molar-refractivity contribution in [3.63, 3.8) is 0 Å². The third kappa shape index (κ3) is 5.01. The van der Waals surface area contributed by atoms with Gasteiger partial charge in [0.2, 0.25) is 15.9 Å². The van der Waals surface area contributed by atoms with Crippen LogP contribution < -0.4 is 5.32 Å². The Hall–Kier alpha value is -1.48. The first kappa shape index (κ1) is 18.9. The molecule has 1 fully saturated rings. The average Bonchev–Trinajstić information content (AvgIpc) is 2.53. The van der Waals surface area contributed by atoms with Gasteiger partial charge in [0.15, 0.2) is 0 Å². The second-order valence-corrected chi connectivity index (χ2v) is 8.19. The first-order chi connectivity index (χ1) is 11.3. The van der Waals surface area contributed by atoms with E-state index in [0.717, 1.165) is 26.2 Å². The van der Waals surface area contributed by atoms with Gasteiger partial charge in [-0.25, -0.2) is 8.42 Å². The Morgan fingerprint density at radius 2 is 1.71 bits per heavy atom. The molecule has 0 atom stereocenters. The molecule has 1 aromatic rings. The standard InChI is InChI=1S/C16H26N4O3S/c1-14(21)17-15-4-6-16(7-5-15)24(22,23)20-12-10-19(11-13-20)9-8-18(2)3/h4-7H,8-13H2,1-3H3,(H,17,21). The van der Waals surface area contributed by atoms with Crippen LogP contribution in [0.3, 0.4) is 0 Å². The van der Waals surface area contributed by atoms with Crippen molar-refractivity contribution in [2.24, 2.45) is 0 Å². The molecule has 0 saturated carbocycles. The number of nitrogens with one attached hydrogen (secondary N) is 1. The van der Waals surface area contributed by atoms with Crippen LogP contribution in [0.2, 0.25) is 0 Å². The summed E-state index contributed by atoms with van der Waals surface area (Å²) in [5.74, 6) is -0.181. The molecule has 1 saturated heterocycles. The Morgan fingerprint density at radius 1 is 1.12 bits per heavy atom. The van der Waals surface area contributed by atoms with Crippen LogP contribution in [0.5, 0.6) is 0 Å². The first-order valence-corrected chi connectivity index (χ1v) is 9.48. The molecule has 0 aliphatic carbocycles. The van der Waals surface area contributed by atoms with Crippen LogP contribution in [0.25, 0.3) is 0 Å². The van der Waals surface area contributed by atoms with Gasteiger partial charge in [0.25, 0.3) is 0 Å². The van der Waals surface area contributed by atoms with Crippen LogP contribution >= 0.6 is 0 Å². The highest BCUT2D eigenvalue weighted by Gasteiger charge is 2.28. The highest BCUT2D eigenvalue weighted by atomic mass is 32.2. The third-order valence-corrected chi connectivity index (χ3v) is 5.92. The summed E-state index contributed by atoms with van der Waals surface area (Å²) in [5.41, 5.74) is 0.593. The molecule has 1 aliphatic heterocycles. The summed E-state index contributed by atoms with van der Waals surface area (Å²) in [7, 11) is 0.588. The molecule has 134 valence electrons.